The first-order chi connectivity index (χ1) is 12.1. The predicted octanol–water partition coefficient (Wildman–Crippen LogP) is 4.85. The molecular formula is C20H20FNO3S. The quantitative estimate of drug-likeness (QED) is 0.658. The van der Waals surface area contributed by atoms with Crippen LogP contribution in [-0.2, 0) is 15.3 Å². The minimum atomic E-state index is -3.27. The highest BCUT2D eigenvalue weighted by molar-refractivity contribution is 7.90. The molecule has 3 aromatic rings. The Hall–Kier alpha value is -2.47. The van der Waals surface area contributed by atoms with Crippen molar-refractivity contribution in [2.24, 2.45) is 0 Å². The van der Waals surface area contributed by atoms with Gasteiger partial charge in [0.05, 0.1) is 4.90 Å². The molecule has 0 amide bonds. The number of nitrogens with zero attached hydrogens (tertiary/aromatic N) is 1. The van der Waals surface area contributed by atoms with Gasteiger partial charge in [-0.3, -0.25) is 0 Å². The zero-order valence-corrected chi connectivity index (χ0v) is 15.9. The van der Waals surface area contributed by atoms with E-state index in [-0.39, 0.29) is 16.1 Å². The molecule has 0 fully saturated rings. The van der Waals surface area contributed by atoms with E-state index in [0.29, 0.717) is 22.9 Å². The summed E-state index contributed by atoms with van der Waals surface area (Å²) in [4.78, 5) is 4.87. The number of halogens is 1. The fourth-order valence-electron chi connectivity index (χ4n) is 2.49. The lowest BCUT2D eigenvalue weighted by atomic mass is 9.97. The third-order valence-corrected chi connectivity index (χ3v) is 5.06. The molecule has 26 heavy (non-hydrogen) atoms. The van der Waals surface area contributed by atoms with Crippen LogP contribution in [0.15, 0.2) is 57.8 Å². The van der Waals surface area contributed by atoms with Crippen molar-refractivity contribution in [2.75, 3.05) is 6.26 Å². The van der Waals surface area contributed by atoms with Crippen molar-refractivity contribution in [1.29, 1.82) is 0 Å². The molecule has 136 valence electrons. The van der Waals surface area contributed by atoms with Crippen LogP contribution in [0.1, 0.15) is 26.7 Å². The minimum absolute atomic E-state index is 0.240. The predicted molar refractivity (Wildman–Crippen MR) is 99.1 cm³/mol. The van der Waals surface area contributed by atoms with Gasteiger partial charge < -0.3 is 4.42 Å². The van der Waals surface area contributed by atoms with Gasteiger partial charge in [0, 0.05) is 22.8 Å². The van der Waals surface area contributed by atoms with E-state index in [1.807, 2.05) is 20.8 Å². The van der Waals surface area contributed by atoms with Gasteiger partial charge >= 0.3 is 0 Å². The van der Waals surface area contributed by atoms with Crippen LogP contribution in [-0.4, -0.2) is 19.7 Å². The first kappa shape index (κ1) is 18.3. The SMILES string of the molecule is CC(C)(C)c1nc(-c2ccc(S(C)(=O)=O)cc2)c(-c2ccc(F)cc2)o1. The highest BCUT2D eigenvalue weighted by Crippen LogP contribution is 2.36. The lowest BCUT2D eigenvalue weighted by Gasteiger charge is -2.12. The van der Waals surface area contributed by atoms with E-state index in [0.717, 1.165) is 5.56 Å². The van der Waals surface area contributed by atoms with E-state index in [2.05, 4.69) is 4.98 Å². The summed E-state index contributed by atoms with van der Waals surface area (Å²) in [6.07, 6.45) is 1.17. The van der Waals surface area contributed by atoms with Gasteiger partial charge in [0.1, 0.15) is 11.5 Å². The van der Waals surface area contributed by atoms with E-state index in [9.17, 15) is 12.8 Å². The van der Waals surface area contributed by atoms with Crippen LogP contribution < -0.4 is 0 Å². The lowest BCUT2D eigenvalue weighted by molar-refractivity contribution is 0.399. The summed E-state index contributed by atoms with van der Waals surface area (Å²) in [5.41, 5.74) is 1.73. The molecule has 6 heteroatoms. The van der Waals surface area contributed by atoms with Crippen LogP contribution in [0.4, 0.5) is 4.39 Å². The second-order valence-electron chi connectivity index (χ2n) is 7.25. The topological polar surface area (TPSA) is 60.2 Å². The van der Waals surface area contributed by atoms with Crippen molar-refractivity contribution in [3.63, 3.8) is 0 Å². The average Bonchev–Trinajstić information content (AvgIpc) is 3.00. The number of sulfone groups is 1. The van der Waals surface area contributed by atoms with Crippen molar-refractivity contribution in [3.8, 4) is 22.6 Å². The molecule has 0 aliphatic rings. The Morgan fingerprint density at radius 1 is 0.923 bits per heavy atom. The molecule has 0 saturated heterocycles. The van der Waals surface area contributed by atoms with E-state index in [1.165, 1.54) is 18.4 Å². The average molecular weight is 373 g/mol. The van der Waals surface area contributed by atoms with Crippen molar-refractivity contribution in [1.82, 2.24) is 4.98 Å². The summed E-state index contributed by atoms with van der Waals surface area (Å²) in [6.45, 7) is 5.97. The van der Waals surface area contributed by atoms with Crippen LogP contribution in [0, 0.1) is 5.82 Å². The van der Waals surface area contributed by atoms with E-state index in [1.54, 1.807) is 36.4 Å². The van der Waals surface area contributed by atoms with Crippen LogP contribution >= 0.6 is 0 Å². The largest absolute Gasteiger partial charge is 0.439 e. The fraction of sp³-hybridized carbons (Fsp3) is 0.250. The Morgan fingerprint density at radius 3 is 1.96 bits per heavy atom. The summed E-state index contributed by atoms with van der Waals surface area (Å²) in [5, 5.41) is 0. The van der Waals surface area contributed by atoms with Crippen molar-refractivity contribution >= 4 is 9.84 Å². The molecule has 1 aromatic heterocycles. The van der Waals surface area contributed by atoms with Gasteiger partial charge in [-0.25, -0.2) is 17.8 Å². The summed E-state index contributed by atoms with van der Waals surface area (Å²) in [7, 11) is -3.27. The lowest BCUT2D eigenvalue weighted by Crippen LogP contribution is -2.11. The molecule has 1 heterocycles. The number of oxazole rings is 1. The monoisotopic (exact) mass is 373 g/mol. The highest BCUT2D eigenvalue weighted by atomic mass is 32.2. The molecule has 0 spiro atoms. The number of aromatic nitrogens is 1. The first-order valence-electron chi connectivity index (χ1n) is 8.13. The van der Waals surface area contributed by atoms with Gasteiger partial charge in [0.15, 0.2) is 15.6 Å². The molecule has 3 rings (SSSR count). The van der Waals surface area contributed by atoms with Crippen LogP contribution in [0.5, 0.6) is 0 Å². The number of hydrogen-bond donors (Lipinski definition) is 0. The van der Waals surface area contributed by atoms with Crippen LogP contribution in [0.2, 0.25) is 0 Å². The van der Waals surface area contributed by atoms with Gasteiger partial charge in [0.2, 0.25) is 5.89 Å². The minimum Gasteiger partial charge on any atom is -0.439 e. The van der Waals surface area contributed by atoms with Gasteiger partial charge in [-0.05, 0) is 36.4 Å². The molecule has 4 nitrogen and oxygen atoms in total. The molecule has 2 aromatic carbocycles. The van der Waals surface area contributed by atoms with Crippen LogP contribution in [0.25, 0.3) is 22.6 Å². The second kappa shape index (κ2) is 6.36. The molecule has 0 atom stereocenters. The summed E-state index contributed by atoms with van der Waals surface area (Å²) in [6, 6.07) is 12.5. The maximum atomic E-state index is 13.3. The van der Waals surface area contributed by atoms with Crippen LogP contribution in [0.3, 0.4) is 0 Å². The zero-order chi connectivity index (χ0) is 19.1. The van der Waals surface area contributed by atoms with Crippen molar-refractivity contribution in [3.05, 3.63) is 60.2 Å². The molecule has 0 N–H and O–H groups in total. The third kappa shape index (κ3) is 3.70. The van der Waals surface area contributed by atoms with Gasteiger partial charge in [-0.15, -0.1) is 0 Å². The molecule has 0 radical (unpaired) electrons. The third-order valence-electron chi connectivity index (χ3n) is 3.93. The Bertz CT molecular complexity index is 1030. The standard InChI is InChI=1S/C20H20FNO3S/c1-20(2,3)19-22-17(13-7-11-16(12-8-13)26(4,23)24)18(25-19)14-5-9-15(21)10-6-14/h5-12H,1-4H3. The smallest absolute Gasteiger partial charge is 0.200 e. The highest BCUT2D eigenvalue weighted by Gasteiger charge is 2.25. The molecular weight excluding hydrogens is 353 g/mol. The van der Waals surface area contributed by atoms with E-state index in [4.69, 9.17) is 4.42 Å². The Morgan fingerprint density at radius 2 is 1.46 bits per heavy atom. The summed E-state index contributed by atoms with van der Waals surface area (Å²) >= 11 is 0. The van der Waals surface area contributed by atoms with Gasteiger partial charge in [0.25, 0.3) is 0 Å². The molecule has 0 aliphatic heterocycles. The Labute approximate surface area is 152 Å². The molecule has 0 bridgehead atoms. The Kier molecular flexibility index (Phi) is 4.48. The number of rotatable bonds is 3. The van der Waals surface area contributed by atoms with Gasteiger partial charge in [-0.1, -0.05) is 32.9 Å². The molecule has 0 aliphatic carbocycles. The van der Waals surface area contributed by atoms with E-state index >= 15 is 0 Å². The Balaban J connectivity index is 2.16. The summed E-state index contributed by atoms with van der Waals surface area (Å²) < 4.78 is 42.6. The van der Waals surface area contributed by atoms with Crippen molar-refractivity contribution in [2.45, 2.75) is 31.1 Å². The van der Waals surface area contributed by atoms with Crippen molar-refractivity contribution < 1.29 is 17.2 Å². The summed E-state index contributed by atoms with van der Waals surface area (Å²) in [5.74, 6) is 0.754. The fourth-order valence-corrected chi connectivity index (χ4v) is 3.12. The normalized spacial score (nSPS) is 12.3. The molecule has 0 unspecified atom stereocenters. The number of benzene rings is 2. The maximum Gasteiger partial charge on any atom is 0.200 e. The first-order valence-corrected chi connectivity index (χ1v) is 10.0. The maximum absolute atomic E-state index is 13.3. The van der Waals surface area contributed by atoms with E-state index < -0.39 is 9.84 Å². The van der Waals surface area contributed by atoms with Gasteiger partial charge in [-0.2, -0.15) is 0 Å². The number of hydrogen-bond acceptors (Lipinski definition) is 4. The second-order valence-corrected chi connectivity index (χ2v) is 9.27. The zero-order valence-electron chi connectivity index (χ0n) is 15.1. The molecule has 0 saturated carbocycles.